The molecule has 0 atom stereocenters. The third-order valence-electron chi connectivity index (χ3n) is 4.73. The molecular formula is C23H17N3O2S2. The Labute approximate surface area is 182 Å². The molecule has 1 aliphatic rings. The molecule has 0 fully saturated rings. The van der Waals surface area contributed by atoms with Gasteiger partial charge >= 0.3 is 0 Å². The monoisotopic (exact) mass is 431 g/mol. The summed E-state index contributed by atoms with van der Waals surface area (Å²) in [5, 5.41) is 23.0. The van der Waals surface area contributed by atoms with Crippen molar-refractivity contribution in [3.63, 3.8) is 0 Å². The van der Waals surface area contributed by atoms with E-state index in [2.05, 4.69) is 11.4 Å². The number of rotatable bonds is 5. The van der Waals surface area contributed by atoms with E-state index in [1.165, 1.54) is 29.2 Å². The zero-order valence-electron chi connectivity index (χ0n) is 16.0. The normalized spacial score (nSPS) is 13.2. The predicted molar refractivity (Wildman–Crippen MR) is 117 cm³/mol. The van der Waals surface area contributed by atoms with Crippen LogP contribution in [0.5, 0.6) is 0 Å². The van der Waals surface area contributed by atoms with E-state index in [1.807, 2.05) is 36.4 Å². The molecule has 1 N–H and O–H groups in total. The largest absolute Gasteiger partial charge is 0.450 e. The van der Waals surface area contributed by atoms with Crippen molar-refractivity contribution in [2.75, 3.05) is 5.32 Å². The molecule has 148 valence electrons. The average Bonchev–Trinajstić information content (AvgIpc) is 3.35. The minimum atomic E-state index is -0.541. The highest BCUT2D eigenvalue weighted by atomic mass is 32.2. The maximum Gasteiger partial charge on any atom is 0.267 e. The molecule has 0 saturated carbocycles. The fraction of sp³-hybridized carbons (Fsp3) is 0.174. The Bertz CT molecular complexity index is 1190. The number of hydrogen-bond acceptors (Lipinski definition) is 6. The second-order valence-corrected chi connectivity index (χ2v) is 8.91. The van der Waals surface area contributed by atoms with Gasteiger partial charge in [0.25, 0.3) is 5.91 Å². The van der Waals surface area contributed by atoms with E-state index < -0.39 is 5.91 Å². The van der Waals surface area contributed by atoms with Crippen LogP contribution in [0.3, 0.4) is 0 Å². The van der Waals surface area contributed by atoms with Gasteiger partial charge in [0.1, 0.15) is 28.5 Å². The Morgan fingerprint density at radius 3 is 2.70 bits per heavy atom. The Morgan fingerprint density at radius 2 is 1.93 bits per heavy atom. The minimum Gasteiger partial charge on any atom is -0.450 e. The summed E-state index contributed by atoms with van der Waals surface area (Å²) >= 11 is 2.90. The molecule has 4 rings (SSSR count). The maximum atomic E-state index is 12.7. The first-order valence-electron chi connectivity index (χ1n) is 9.48. The molecule has 1 aliphatic carbocycles. The Kier molecular flexibility index (Phi) is 6.04. The van der Waals surface area contributed by atoms with Crippen molar-refractivity contribution in [3.05, 3.63) is 69.8 Å². The summed E-state index contributed by atoms with van der Waals surface area (Å²) in [5.41, 5.74) is 1.50. The third kappa shape index (κ3) is 4.33. The number of benzene rings is 1. The molecule has 7 heteroatoms. The first-order valence-corrected chi connectivity index (χ1v) is 11.1. The number of aryl methyl sites for hydroxylation is 1. The summed E-state index contributed by atoms with van der Waals surface area (Å²) in [4.78, 5) is 14.9. The number of carbonyl (C=O) groups excluding carboxylic acids is 1. The van der Waals surface area contributed by atoms with Crippen LogP contribution in [0.1, 0.15) is 34.6 Å². The molecule has 1 aromatic carbocycles. The van der Waals surface area contributed by atoms with Gasteiger partial charge in [0.2, 0.25) is 0 Å². The molecule has 0 bridgehead atoms. The van der Waals surface area contributed by atoms with Crippen molar-refractivity contribution in [3.8, 4) is 12.1 Å². The predicted octanol–water partition coefficient (Wildman–Crippen LogP) is 5.79. The van der Waals surface area contributed by atoms with Crippen LogP contribution in [0, 0.1) is 22.7 Å². The van der Waals surface area contributed by atoms with Gasteiger partial charge in [-0.2, -0.15) is 10.5 Å². The van der Waals surface area contributed by atoms with Crippen LogP contribution in [0.4, 0.5) is 5.00 Å². The van der Waals surface area contributed by atoms with Crippen LogP contribution in [-0.2, 0) is 17.6 Å². The van der Waals surface area contributed by atoms with E-state index in [4.69, 9.17) is 4.42 Å². The third-order valence-corrected chi connectivity index (χ3v) is 6.86. The van der Waals surface area contributed by atoms with Crippen LogP contribution in [0.2, 0.25) is 0 Å². The summed E-state index contributed by atoms with van der Waals surface area (Å²) in [6.45, 7) is 0. The molecule has 30 heavy (non-hydrogen) atoms. The first kappa shape index (κ1) is 20.0. The highest BCUT2D eigenvalue weighted by Crippen LogP contribution is 2.38. The molecule has 5 nitrogen and oxygen atoms in total. The number of nitrogens with one attached hydrogen (secondary N) is 1. The zero-order valence-corrected chi connectivity index (χ0v) is 17.6. The lowest BCUT2D eigenvalue weighted by Crippen LogP contribution is -2.13. The Balaban J connectivity index is 1.51. The zero-order chi connectivity index (χ0) is 20.9. The topological polar surface area (TPSA) is 89.8 Å². The van der Waals surface area contributed by atoms with Gasteiger partial charge in [-0.1, -0.05) is 30.0 Å². The van der Waals surface area contributed by atoms with E-state index in [0.29, 0.717) is 21.4 Å². The number of nitriles is 2. The van der Waals surface area contributed by atoms with Gasteiger partial charge in [0.15, 0.2) is 5.09 Å². The SMILES string of the molecule is N#C/C(=C\c1ccc(Sc2ccccc2)o1)C(=O)Nc1sc2c(c1C#N)CCCC2. The number of thiophene rings is 1. The lowest BCUT2D eigenvalue weighted by Gasteiger charge is -2.09. The Morgan fingerprint density at radius 1 is 1.13 bits per heavy atom. The van der Waals surface area contributed by atoms with E-state index >= 15 is 0 Å². The molecule has 1 amide bonds. The van der Waals surface area contributed by atoms with Gasteiger partial charge in [-0.15, -0.1) is 11.3 Å². The van der Waals surface area contributed by atoms with Crippen LogP contribution in [-0.4, -0.2) is 5.91 Å². The lowest BCUT2D eigenvalue weighted by atomic mass is 9.96. The van der Waals surface area contributed by atoms with Crippen molar-refractivity contribution >= 4 is 40.1 Å². The van der Waals surface area contributed by atoms with Crippen LogP contribution >= 0.6 is 23.1 Å². The van der Waals surface area contributed by atoms with Gasteiger partial charge in [-0.05, 0) is 55.5 Å². The Hall–Kier alpha value is -3.26. The molecule has 2 heterocycles. The van der Waals surface area contributed by atoms with Crippen molar-refractivity contribution in [1.29, 1.82) is 10.5 Å². The molecule has 0 saturated heterocycles. The van der Waals surface area contributed by atoms with Gasteiger partial charge in [-0.25, -0.2) is 0 Å². The highest BCUT2D eigenvalue weighted by molar-refractivity contribution is 7.99. The highest BCUT2D eigenvalue weighted by Gasteiger charge is 2.22. The number of furan rings is 1. The molecule has 0 unspecified atom stereocenters. The van der Waals surface area contributed by atoms with E-state index in [-0.39, 0.29) is 5.57 Å². The van der Waals surface area contributed by atoms with Crippen LogP contribution < -0.4 is 5.32 Å². The summed E-state index contributed by atoms with van der Waals surface area (Å²) in [5.74, 6) is -0.118. The summed E-state index contributed by atoms with van der Waals surface area (Å²) in [7, 11) is 0. The second kappa shape index (κ2) is 9.04. The lowest BCUT2D eigenvalue weighted by molar-refractivity contribution is -0.112. The average molecular weight is 432 g/mol. The van der Waals surface area contributed by atoms with Gasteiger partial charge in [0, 0.05) is 15.8 Å². The summed E-state index contributed by atoms with van der Waals surface area (Å²) in [6, 6.07) is 17.5. The van der Waals surface area contributed by atoms with E-state index in [0.717, 1.165) is 41.0 Å². The smallest absolute Gasteiger partial charge is 0.267 e. The molecule has 0 radical (unpaired) electrons. The number of nitrogens with zero attached hydrogens (tertiary/aromatic N) is 2. The fourth-order valence-corrected chi connectivity index (χ4v) is 5.34. The van der Waals surface area contributed by atoms with Gasteiger partial charge in [-0.3, -0.25) is 4.79 Å². The number of fused-ring (bicyclic) bond motifs is 1. The molecular weight excluding hydrogens is 414 g/mol. The van der Waals surface area contributed by atoms with Gasteiger partial charge in [0.05, 0.1) is 5.56 Å². The van der Waals surface area contributed by atoms with Crippen molar-refractivity contribution in [1.82, 2.24) is 0 Å². The van der Waals surface area contributed by atoms with Crippen molar-refractivity contribution in [2.45, 2.75) is 35.7 Å². The van der Waals surface area contributed by atoms with Crippen LogP contribution in [0.25, 0.3) is 6.08 Å². The van der Waals surface area contributed by atoms with Crippen molar-refractivity contribution in [2.24, 2.45) is 0 Å². The number of amides is 1. The standard InChI is InChI=1S/C23H17N3O2S2/c24-13-15(12-16-10-11-21(28-16)29-17-6-2-1-3-7-17)22(27)26-23-19(14-25)18-8-4-5-9-20(18)30-23/h1-3,6-7,10-12H,4-5,8-9H2,(H,26,27)/b15-12+. The second-order valence-electron chi connectivity index (χ2n) is 6.72. The summed E-state index contributed by atoms with van der Waals surface area (Å²) < 4.78 is 5.74. The van der Waals surface area contributed by atoms with E-state index in [1.54, 1.807) is 12.1 Å². The number of carbonyl (C=O) groups is 1. The van der Waals surface area contributed by atoms with Crippen LogP contribution in [0.15, 0.2) is 62.4 Å². The maximum absolute atomic E-state index is 12.7. The molecule has 0 spiro atoms. The first-order chi connectivity index (χ1) is 14.7. The molecule has 2 aromatic heterocycles. The number of anilines is 1. The van der Waals surface area contributed by atoms with Gasteiger partial charge < -0.3 is 9.73 Å². The fourth-order valence-electron chi connectivity index (χ4n) is 3.31. The molecule has 0 aliphatic heterocycles. The van der Waals surface area contributed by atoms with E-state index in [9.17, 15) is 15.3 Å². The van der Waals surface area contributed by atoms with Crippen molar-refractivity contribution < 1.29 is 9.21 Å². The minimum absolute atomic E-state index is 0.0733. The number of hydrogen-bond donors (Lipinski definition) is 1. The molecule has 3 aromatic rings. The quantitative estimate of drug-likeness (QED) is 0.408. The summed E-state index contributed by atoms with van der Waals surface area (Å²) in [6.07, 6.45) is 5.36.